The molecule has 0 radical (unpaired) electrons. The molecule has 0 saturated heterocycles. The van der Waals surface area contributed by atoms with Gasteiger partial charge in [0.05, 0.1) is 18.0 Å². The fourth-order valence-corrected chi connectivity index (χ4v) is 3.56. The molecule has 1 aromatic carbocycles. The molecule has 0 spiro atoms. The second-order valence-electron chi connectivity index (χ2n) is 6.83. The summed E-state index contributed by atoms with van der Waals surface area (Å²) in [4.78, 5) is 17.6. The van der Waals surface area contributed by atoms with E-state index in [4.69, 9.17) is 10.5 Å². The van der Waals surface area contributed by atoms with Crippen LogP contribution in [0.3, 0.4) is 0 Å². The minimum atomic E-state index is -0.683. The van der Waals surface area contributed by atoms with E-state index in [1.54, 1.807) is 35.2 Å². The lowest BCUT2D eigenvalue weighted by molar-refractivity contribution is 0.389. The van der Waals surface area contributed by atoms with Gasteiger partial charge in [0.25, 0.3) is 5.56 Å². The van der Waals surface area contributed by atoms with Gasteiger partial charge in [0, 0.05) is 24.2 Å². The molecule has 1 aliphatic rings. The number of aryl methyl sites for hydroxylation is 1. The van der Waals surface area contributed by atoms with Crippen LogP contribution in [0, 0.1) is 18.3 Å². The molecule has 1 atom stereocenters. The molecule has 29 heavy (non-hydrogen) atoms. The van der Waals surface area contributed by atoms with Crippen molar-refractivity contribution in [2.24, 2.45) is 5.73 Å². The minimum absolute atomic E-state index is 0.0260. The molecule has 144 valence electrons. The zero-order valence-electron chi connectivity index (χ0n) is 15.7. The van der Waals surface area contributed by atoms with E-state index in [9.17, 15) is 15.2 Å². The molecule has 0 fully saturated rings. The number of hydrogen-bond donors (Lipinski definition) is 2. The predicted octanol–water partition coefficient (Wildman–Crippen LogP) is 2.52. The summed E-state index contributed by atoms with van der Waals surface area (Å²) in [5.41, 5.74) is 8.49. The van der Waals surface area contributed by atoms with Gasteiger partial charge in [-0.15, -0.1) is 0 Å². The Bertz CT molecular complexity index is 1210. The lowest BCUT2D eigenvalue weighted by atomic mass is 9.84. The second-order valence-corrected chi connectivity index (χ2v) is 6.83. The average Bonchev–Trinajstić information content (AvgIpc) is 2.71. The number of pyridine rings is 2. The molecule has 1 aliphatic heterocycles. The van der Waals surface area contributed by atoms with Crippen molar-refractivity contribution in [1.82, 2.24) is 9.55 Å². The molecule has 4 rings (SSSR count). The molecule has 7 heteroatoms. The highest BCUT2D eigenvalue weighted by molar-refractivity contribution is 5.55. The minimum Gasteiger partial charge on any atom is -0.508 e. The number of phenols is 1. The van der Waals surface area contributed by atoms with Crippen molar-refractivity contribution in [2.45, 2.75) is 19.4 Å². The van der Waals surface area contributed by atoms with E-state index in [2.05, 4.69) is 11.1 Å². The van der Waals surface area contributed by atoms with Crippen LogP contribution in [0.15, 0.2) is 71.1 Å². The number of aromatic nitrogens is 2. The number of ether oxygens (including phenoxy) is 1. The SMILES string of the molecule is Cc1cc2c(c(=O)n1Cc1cccnc1)[C@H](c1ccc(O)cc1)C(C#N)=C(N)O2. The lowest BCUT2D eigenvalue weighted by Gasteiger charge is -2.27. The maximum absolute atomic E-state index is 13.5. The zero-order chi connectivity index (χ0) is 20.5. The third-order valence-corrected chi connectivity index (χ3v) is 4.98. The number of aromatic hydroxyl groups is 1. The van der Waals surface area contributed by atoms with E-state index in [1.807, 2.05) is 19.1 Å². The van der Waals surface area contributed by atoms with Gasteiger partial charge < -0.3 is 20.1 Å². The zero-order valence-corrected chi connectivity index (χ0v) is 15.7. The van der Waals surface area contributed by atoms with E-state index in [0.29, 0.717) is 29.1 Å². The van der Waals surface area contributed by atoms with Crippen molar-refractivity contribution >= 4 is 0 Å². The number of allylic oxidation sites excluding steroid dienone is 1. The van der Waals surface area contributed by atoms with Gasteiger partial charge in [0.15, 0.2) is 0 Å². The van der Waals surface area contributed by atoms with Crippen molar-refractivity contribution in [2.75, 3.05) is 0 Å². The fourth-order valence-electron chi connectivity index (χ4n) is 3.56. The van der Waals surface area contributed by atoms with Crippen LogP contribution in [0.5, 0.6) is 11.5 Å². The number of nitrogens with zero attached hydrogens (tertiary/aromatic N) is 3. The van der Waals surface area contributed by atoms with Crippen molar-refractivity contribution in [3.63, 3.8) is 0 Å². The van der Waals surface area contributed by atoms with Gasteiger partial charge in [-0.2, -0.15) is 5.26 Å². The molecule has 2 aromatic heterocycles. The first-order chi connectivity index (χ1) is 14.0. The average molecular weight is 386 g/mol. The number of benzene rings is 1. The molecular weight excluding hydrogens is 368 g/mol. The molecule has 3 N–H and O–H groups in total. The van der Waals surface area contributed by atoms with E-state index in [0.717, 1.165) is 5.56 Å². The number of fused-ring (bicyclic) bond motifs is 1. The molecule has 0 bridgehead atoms. The summed E-state index contributed by atoms with van der Waals surface area (Å²) in [6.45, 7) is 2.16. The first-order valence-electron chi connectivity index (χ1n) is 8.99. The number of hydrogen-bond acceptors (Lipinski definition) is 6. The molecular formula is C22H18N4O3. The van der Waals surface area contributed by atoms with Crippen molar-refractivity contribution < 1.29 is 9.84 Å². The molecule has 0 amide bonds. The van der Waals surface area contributed by atoms with Gasteiger partial charge in [-0.25, -0.2) is 0 Å². The predicted molar refractivity (Wildman–Crippen MR) is 106 cm³/mol. The van der Waals surface area contributed by atoms with E-state index >= 15 is 0 Å². The summed E-state index contributed by atoms with van der Waals surface area (Å²) in [6.07, 6.45) is 3.38. The number of rotatable bonds is 3. The molecule has 0 unspecified atom stereocenters. The summed E-state index contributed by atoms with van der Waals surface area (Å²) in [7, 11) is 0. The van der Waals surface area contributed by atoms with Gasteiger partial charge in [0.1, 0.15) is 23.1 Å². The first kappa shape index (κ1) is 18.3. The normalized spacial score (nSPS) is 15.4. The fraction of sp³-hybridized carbons (Fsp3) is 0.136. The standard InChI is InChI=1S/C22H18N4O3/c1-13-9-18-20(22(28)26(13)12-14-3-2-8-25-11-14)19(17(10-23)21(24)29-18)15-4-6-16(27)7-5-15/h2-9,11,19,27H,12,24H2,1H3/t19-/m1/s1. The monoisotopic (exact) mass is 386 g/mol. The highest BCUT2D eigenvalue weighted by Crippen LogP contribution is 2.40. The molecule has 7 nitrogen and oxygen atoms in total. The maximum Gasteiger partial charge on any atom is 0.259 e. The van der Waals surface area contributed by atoms with Crippen molar-refractivity contribution in [1.29, 1.82) is 5.26 Å². The van der Waals surface area contributed by atoms with Gasteiger partial charge in [-0.1, -0.05) is 18.2 Å². The van der Waals surface area contributed by atoms with Crippen molar-refractivity contribution in [3.05, 3.63) is 99.1 Å². The molecule has 3 heterocycles. The largest absolute Gasteiger partial charge is 0.508 e. The summed E-state index contributed by atoms with van der Waals surface area (Å²) in [5.74, 6) is -0.279. The van der Waals surface area contributed by atoms with Crippen LogP contribution in [0.4, 0.5) is 0 Å². The molecule has 0 aliphatic carbocycles. The Morgan fingerprint density at radius 3 is 2.72 bits per heavy atom. The lowest BCUT2D eigenvalue weighted by Crippen LogP contribution is -2.33. The van der Waals surface area contributed by atoms with Gasteiger partial charge in [0.2, 0.25) is 5.88 Å². The van der Waals surface area contributed by atoms with E-state index < -0.39 is 5.92 Å². The third-order valence-electron chi connectivity index (χ3n) is 4.98. The Labute approximate surface area is 166 Å². The highest BCUT2D eigenvalue weighted by Gasteiger charge is 2.34. The van der Waals surface area contributed by atoms with Crippen LogP contribution >= 0.6 is 0 Å². The van der Waals surface area contributed by atoms with Crippen LogP contribution < -0.4 is 16.0 Å². The number of nitrogens with two attached hydrogens (primary N) is 1. The van der Waals surface area contributed by atoms with E-state index in [1.165, 1.54) is 12.1 Å². The summed E-state index contributed by atoms with van der Waals surface area (Å²) in [5, 5.41) is 19.3. The molecule has 3 aromatic rings. The summed E-state index contributed by atoms with van der Waals surface area (Å²) < 4.78 is 7.27. The second kappa shape index (κ2) is 7.17. The highest BCUT2D eigenvalue weighted by atomic mass is 16.5. The van der Waals surface area contributed by atoms with Crippen LogP contribution in [-0.4, -0.2) is 14.7 Å². The van der Waals surface area contributed by atoms with Crippen LogP contribution in [0.1, 0.15) is 28.3 Å². The number of nitriles is 1. The number of phenolic OH excluding ortho intramolecular Hbond substituents is 1. The van der Waals surface area contributed by atoms with E-state index in [-0.39, 0.29) is 22.8 Å². The van der Waals surface area contributed by atoms with Crippen LogP contribution in [-0.2, 0) is 6.54 Å². The molecule has 0 saturated carbocycles. The maximum atomic E-state index is 13.5. The Morgan fingerprint density at radius 1 is 1.31 bits per heavy atom. The summed E-state index contributed by atoms with van der Waals surface area (Å²) >= 11 is 0. The third kappa shape index (κ3) is 3.21. The topological polar surface area (TPSA) is 114 Å². The van der Waals surface area contributed by atoms with Gasteiger partial charge in [-0.05, 0) is 36.2 Å². The Morgan fingerprint density at radius 2 is 2.07 bits per heavy atom. The first-order valence-corrected chi connectivity index (χ1v) is 8.99. The summed E-state index contributed by atoms with van der Waals surface area (Å²) in [6, 6.07) is 13.9. The quantitative estimate of drug-likeness (QED) is 0.715. The smallest absolute Gasteiger partial charge is 0.259 e. The Balaban J connectivity index is 1.92. The Kier molecular flexibility index (Phi) is 4.53. The van der Waals surface area contributed by atoms with Gasteiger partial charge >= 0.3 is 0 Å². The van der Waals surface area contributed by atoms with Gasteiger partial charge in [-0.3, -0.25) is 9.78 Å². The Hall–Kier alpha value is -4.05. The van der Waals surface area contributed by atoms with Crippen LogP contribution in [0.2, 0.25) is 0 Å². The van der Waals surface area contributed by atoms with Crippen molar-refractivity contribution in [3.8, 4) is 17.6 Å². The van der Waals surface area contributed by atoms with Crippen LogP contribution in [0.25, 0.3) is 0 Å².